The van der Waals surface area contributed by atoms with Gasteiger partial charge in [0.25, 0.3) is 0 Å². The molecule has 0 aliphatic carbocycles. The van der Waals surface area contributed by atoms with E-state index < -0.39 is 5.82 Å². The number of para-hydroxylation sites is 1. The highest BCUT2D eigenvalue weighted by molar-refractivity contribution is 8.76. The average Bonchev–Trinajstić information content (AvgIpc) is 2.41. The van der Waals surface area contributed by atoms with Gasteiger partial charge in [-0.3, -0.25) is 9.59 Å². The van der Waals surface area contributed by atoms with Crippen LogP contribution in [0.3, 0.4) is 0 Å². The van der Waals surface area contributed by atoms with Crippen LogP contribution in [0.2, 0.25) is 0 Å². The topological polar surface area (TPSA) is 37.4 Å². The third-order valence-corrected chi connectivity index (χ3v) is 5.12. The minimum Gasteiger partial charge on any atom is -0.312 e. The van der Waals surface area contributed by atoms with Gasteiger partial charge in [0.15, 0.2) is 0 Å². The van der Waals surface area contributed by atoms with Gasteiger partial charge in [-0.15, -0.1) is 0 Å². The zero-order valence-corrected chi connectivity index (χ0v) is 14.3. The second kappa shape index (κ2) is 8.44. The summed E-state index contributed by atoms with van der Waals surface area (Å²) in [6.45, 7) is 5.11. The number of carbonyl (C=O) groups is 2. The molecular formula is C15H20FNO2S2. The molecule has 0 aromatic heterocycles. The smallest absolute Gasteiger partial charge is 0.229 e. The molecule has 0 radical (unpaired) electrons. The molecule has 6 heteroatoms. The molecular weight excluding hydrogens is 309 g/mol. The molecule has 0 spiro atoms. The van der Waals surface area contributed by atoms with Gasteiger partial charge in [-0.2, -0.15) is 0 Å². The van der Waals surface area contributed by atoms with E-state index in [1.165, 1.54) is 39.5 Å². The summed E-state index contributed by atoms with van der Waals surface area (Å²) in [5.74, 6) is 0.363. The van der Waals surface area contributed by atoms with E-state index in [2.05, 4.69) is 0 Å². The largest absolute Gasteiger partial charge is 0.312 e. The highest BCUT2D eigenvalue weighted by atomic mass is 33.1. The number of carbonyl (C=O) groups excluding carboxylic acids is 2. The number of Topliss-reactive ketones (excluding diaryl/α,β-unsaturated/α-hetero) is 1. The first-order valence-corrected chi connectivity index (χ1v) is 9.12. The van der Waals surface area contributed by atoms with Crippen molar-refractivity contribution in [3.8, 4) is 0 Å². The van der Waals surface area contributed by atoms with Crippen molar-refractivity contribution in [2.24, 2.45) is 5.92 Å². The lowest BCUT2D eigenvalue weighted by Gasteiger charge is -2.23. The molecule has 0 unspecified atom stereocenters. The van der Waals surface area contributed by atoms with E-state index in [0.717, 1.165) is 5.56 Å². The Balaban J connectivity index is 2.87. The van der Waals surface area contributed by atoms with Crippen LogP contribution in [0.15, 0.2) is 18.2 Å². The van der Waals surface area contributed by atoms with E-state index in [4.69, 9.17) is 0 Å². The van der Waals surface area contributed by atoms with Gasteiger partial charge in [0.2, 0.25) is 5.91 Å². The molecule has 3 nitrogen and oxygen atoms in total. The van der Waals surface area contributed by atoms with E-state index in [1.807, 2.05) is 6.07 Å². The number of ketones is 1. The van der Waals surface area contributed by atoms with Gasteiger partial charge in [-0.05, 0) is 18.6 Å². The van der Waals surface area contributed by atoms with Crippen molar-refractivity contribution in [3.05, 3.63) is 29.6 Å². The minimum absolute atomic E-state index is 0.110. The lowest BCUT2D eigenvalue weighted by molar-refractivity contribution is -0.121. The zero-order chi connectivity index (χ0) is 16.0. The summed E-state index contributed by atoms with van der Waals surface area (Å²) >= 11 is 0. The van der Waals surface area contributed by atoms with Crippen LogP contribution in [0.5, 0.6) is 0 Å². The van der Waals surface area contributed by atoms with Crippen LogP contribution in [0.25, 0.3) is 0 Å². The number of nitrogens with zero attached hydrogens (tertiary/aromatic N) is 1. The molecule has 21 heavy (non-hydrogen) atoms. The first-order valence-electron chi connectivity index (χ1n) is 6.63. The highest BCUT2D eigenvalue weighted by Gasteiger charge is 2.20. The van der Waals surface area contributed by atoms with Crippen LogP contribution in [-0.2, 0) is 15.3 Å². The molecule has 1 aromatic carbocycles. The van der Waals surface area contributed by atoms with Gasteiger partial charge >= 0.3 is 0 Å². The van der Waals surface area contributed by atoms with Crippen molar-refractivity contribution in [1.29, 1.82) is 0 Å². The second-order valence-corrected chi connectivity index (χ2v) is 7.49. The summed E-state index contributed by atoms with van der Waals surface area (Å²) < 4.78 is 14.1. The van der Waals surface area contributed by atoms with Crippen LogP contribution < -0.4 is 4.90 Å². The van der Waals surface area contributed by atoms with E-state index in [1.54, 1.807) is 27.0 Å². The van der Waals surface area contributed by atoms with Gasteiger partial charge in [0.1, 0.15) is 11.6 Å². The molecule has 0 N–H and O–H groups in total. The predicted octanol–water partition coefficient (Wildman–Crippen LogP) is 3.91. The first-order chi connectivity index (χ1) is 9.84. The van der Waals surface area contributed by atoms with Crippen LogP contribution in [-0.4, -0.2) is 24.5 Å². The van der Waals surface area contributed by atoms with Crippen molar-refractivity contribution in [3.63, 3.8) is 0 Å². The standard InChI is InChI=1S/C15H20FNO2S2/c1-10(2)15(19)17(4)14-12(6-5-7-13(14)16)9-21-20-8-11(3)18/h5-7,10H,8-9H2,1-4H3. The minimum atomic E-state index is -0.402. The Kier molecular flexibility index (Phi) is 7.25. The second-order valence-electron chi connectivity index (χ2n) is 5.03. The number of halogens is 1. The van der Waals surface area contributed by atoms with E-state index in [0.29, 0.717) is 17.2 Å². The van der Waals surface area contributed by atoms with Gasteiger partial charge < -0.3 is 4.90 Å². The molecule has 0 heterocycles. The van der Waals surface area contributed by atoms with Crippen LogP contribution in [0, 0.1) is 11.7 Å². The number of rotatable bonds is 7. The lowest BCUT2D eigenvalue weighted by Crippen LogP contribution is -2.31. The summed E-state index contributed by atoms with van der Waals surface area (Å²) in [5.41, 5.74) is 1.08. The van der Waals surface area contributed by atoms with Crippen molar-refractivity contribution < 1.29 is 14.0 Å². The maximum atomic E-state index is 14.1. The van der Waals surface area contributed by atoms with E-state index in [-0.39, 0.29) is 17.6 Å². The molecule has 0 aliphatic heterocycles. The monoisotopic (exact) mass is 329 g/mol. The summed E-state index contributed by atoms with van der Waals surface area (Å²) in [5, 5.41) is 0. The average molecular weight is 329 g/mol. The molecule has 0 saturated carbocycles. The number of hydrogen-bond donors (Lipinski definition) is 0. The fourth-order valence-corrected chi connectivity index (χ4v) is 3.85. The molecule has 1 amide bonds. The normalized spacial score (nSPS) is 10.8. The fourth-order valence-electron chi connectivity index (χ4n) is 1.78. The van der Waals surface area contributed by atoms with Crippen molar-refractivity contribution in [1.82, 2.24) is 0 Å². The Hall–Kier alpha value is -1.01. The lowest BCUT2D eigenvalue weighted by atomic mass is 10.1. The maximum Gasteiger partial charge on any atom is 0.229 e. The Morgan fingerprint density at radius 1 is 1.29 bits per heavy atom. The van der Waals surface area contributed by atoms with E-state index in [9.17, 15) is 14.0 Å². The zero-order valence-electron chi connectivity index (χ0n) is 12.7. The molecule has 1 rings (SSSR count). The number of benzene rings is 1. The summed E-state index contributed by atoms with van der Waals surface area (Å²) in [6.07, 6.45) is 0. The number of hydrogen-bond acceptors (Lipinski definition) is 4. The summed E-state index contributed by atoms with van der Waals surface area (Å²) in [6, 6.07) is 4.80. The number of anilines is 1. The first kappa shape index (κ1) is 18.0. The molecule has 0 fully saturated rings. The third-order valence-electron chi connectivity index (χ3n) is 2.79. The molecule has 0 aliphatic rings. The summed E-state index contributed by atoms with van der Waals surface area (Å²) in [4.78, 5) is 24.4. The quantitative estimate of drug-likeness (QED) is 0.561. The number of amides is 1. The predicted molar refractivity (Wildman–Crippen MR) is 89.1 cm³/mol. The molecule has 0 atom stereocenters. The van der Waals surface area contributed by atoms with Crippen LogP contribution in [0.1, 0.15) is 26.3 Å². The van der Waals surface area contributed by atoms with Crippen LogP contribution >= 0.6 is 21.6 Å². The van der Waals surface area contributed by atoms with E-state index >= 15 is 0 Å². The highest BCUT2D eigenvalue weighted by Crippen LogP contribution is 2.32. The Morgan fingerprint density at radius 2 is 1.95 bits per heavy atom. The van der Waals surface area contributed by atoms with Crippen molar-refractivity contribution in [2.45, 2.75) is 26.5 Å². The SMILES string of the molecule is CC(=O)CSSCc1cccc(F)c1N(C)C(=O)C(C)C. The fraction of sp³-hybridized carbons (Fsp3) is 0.467. The van der Waals surface area contributed by atoms with Crippen molar-refractivity contribution in [2.75, 3.05) is 17.7 Å². The van der Waals surface area contributed by atoms with Gasteiger partial charge in [-0.25, -0.2) is 4.39 Å². The summed E-state index contributed by atoms with van der Waals surface area (Å²) in [7, 11) is 4.52. The van der Waals surface area contributed by atoms with Gasteiger partial charge in [0, 0.05) is 18.7 Å². The Morgan fingerprint density at radius 3 is 2.52 bits per heavy atom. The molecule has 0 bridgehead atoms. The Labute approximate surface area is 133 Å². The third kappa shape index (κ3) is 5.36. The van der Waals surface area contributed by atoms with Gasteiger partial charge in [0.05, 0.1) is 11.4 Å². The van der Waals surface area contributed by atoms with Crippen LogP contribution in [0.4, 0.5) is 10.1 Å². The van der Waals surface area contributed by atoms with Gasteiger partial charge in [-0.1, -0.05) is 47.6 Å². The molecule has 0 saturated heterocycles. The maximum absolute atomic E-state index is 14.1. The molecule has 116 valence electrons. The Bertz CT molecular complexity index is 520. The van der Waals surface area contributed by atoms with Crippen molar-refractivity contribution >= 4 is 39.0 Å². The molecule has 1 aromatic rings.